The van der Waals surface area contributed by atoms with Gasteiger partial charge in [0, 0.05) is 23.6 Å². The molecule has 0 aliphatic carbocycles. The van der Waals surface area contributed by atoms with Crippen LogP contribution < -0.4 is 14.2 Å². The van der Waals surface area contributed by atoms with Crippen molar-refractivity contribution < 1.29 is 46.1 Å². The zero-order valence-electron chi connectivity index (χ0n) is 23.8. The number of aliphatic hydroxyl groups excluding tert-OH is 1. The highest BCUT2D eigenvalue weighted by Gasteiger charge is 2.47. The number of amides is 1. The van der Waals surface area contributed by atoms with Crippen LogP contribution in [0.5, 0.6) is 11.5 Å². The van der Waals surface area contributed by atoms with Crippen molar-refractivity contribution in [3.05, 3.63) is 46.9 Å². The number of nitrogens with zero attached hydrogens (tertiary/aromatic N) is 2. The van der Waals surface area contributed by atoms with E-state index in [1.54, 1.807) is 19.1 Å². The first-order valence-electron chi connectivity index (χ1n) is 13.7. The number of nitrogens with one attached hydrogen (secondary N) is 1. The van der Waals surface area contributed by atoms with Gasteiger partial charge in [-0.3, -0.25) is 0 Å². The summed E-state index contributed by atoms with van der Waals surface area (Å²) in [5, 5.41) is 20.5. The number of aliphatic hydroxyl groups is 1. The lowest BCUT2D eigenvalue weighted by atomic mass is 9.88. The monoisotopic (exact) mass is 705 g/mol. The molecule has 2 aliphatic heterocycles. The summed E-state index contributed by atoms with van der Waals surface area (Å²) in [6.07, 6.45) is -1.32. The predicted molar refractivity (Wildman–Crippen MR) is 159 cm³/mol. The third kappa shape index (κ3) is 7.79. The molecule has 0 unspecified atom stereocenters. The molecule has 2 aliphatic rings. The van der Waals surface area contributed by atoms with E-state index in [0.29, 0.717) is 30.3 Å². The number of carboxylic acid groups (broad SMARTS) is 1. The largest absolute Gasteiger partial charge is 0.492 e. The zero-order chi connectivity index (χ0) is 31.4. The molecule has 238 valence electrons. The van der Waals surface area contributed by atoms with Gasteiger partial charge in [0.1, 0.15) is 29.1 Å². The molecule has 1 spiro atoms. The summed E-state index contributed by atoms with van der Waals surface area (Å²) in [6.45, 7) is 2.07. The van der Waals surface area contributed by atoms with Crippen molar-refractivity contribution in [1.82, 2.24) is 13.9 Å². The molecule has 2 aromatic carbocycles. The fourth-order valence-electron chi connectivity index (χ4n) is 5.30. The van der Waals surface area contributed by atoms with E-state index >= 15 is 0 Å². The summed E-state index contributed by atoms with van der Waals surface area (Å²) in [5.41, 5.74) is -0.689. The molecular formula is C27H36BrN3O10S2. The number of ether oxygens (including phenoxy) is 3. The Kier molecular flexibility index (Phi) is 10.6. The average molecular weight is 707 g/mol. The van der Waals surface area contributed by atoms with Gasteiger partial charge in [-0.25, -0.2) is 26.4 Å². The van der Waals surface area contributed by atoms with Crippen molar-refractivity contribution in [3.63, 3.8) is 0 Å². The van der Waals surface area contributed by atoms with Crippen molar-refractivity contribution >= 4 is 42.1 Å². The molecule has 2 saturated heterocycles. The maximum Gasteiger partial charge on any atom is 0.407 e. The number of piperidine rings is 1. The number of benzene rings is 2. The summed E-state index contributed by atoms with van der Waals surface area (Å²) < 4.78 is 72.5. The van der Waals surface area contributed by atoms with Gasteiger partial charge in [-0.15, -0.1) is 0 Å². The number of hydrogen-bond donors (Lipinski definition) is 3. The van der Waals surface area contributed by atoms with E-state index in [1.807, 2.05) is 0 Å². The second kappa shape index (κ2) is 13.7. The molecule has 0 saturated carbocycles. The Hall–Kier alpha value is -2.47. The van der Waals surface area contributed by atoms with Crippen molar-refractivity contribution in [3.8, 4) is 11.5 Å². The van der Waals surface area contributed by atoms with Crippen LogP contribution in [0.2, 0.25) is 0 Å². The highest BCUT2D eigenvalue weighted by molar-refractivity contribution is 9.10. The Labute approximate surface area is 260 Å². The van der Waals surface area contributed by atoms with Gasteiger partial charge in [0.15, 0.2) is 0 Å². The third-order valence-corrected chi connectivity index (χ3v) is 11.4. The fourth-order valence-corrected chi connectivity index (χ4v) is 8.18. The SMILES string of the molecule is CCOc1ccc(Br)cc1S(=O)(=O)N1CCC2(CC1)C[C@H](N(C[C@H](O)COc1cccc(S(=O)(=O)NC)c1)C(=O)O)CO2. The standard InChI is InChI=1S/C27H36BrN3O10S2/c1-3-39-24-8-7-19(28)13-25(24)43(37,38)30-11-9-27(10-12-30)15-20(17-41-27)31(26(33)34)16-21(32)18-40-22-5-4-6-23(14-22)42(35,36)29-2/h4-8,13-14,20-21,29,32H,3,9-12,15-18H2,1-2H3,(H,33,34)/t20-,21-/m0/s1. The third-order valence-electron chi connectivity index (χ3n) is 7.57. The molecule has 2 fully saturated rings. The van der Waals surface area contributed by atoms with Crippen LogP contribution in [0, 0.1) is 0 Å². The molecule has 0 aromatic heterocycles. The number of halogens is 1. The quantitative estimate of drug-likeness (QED) is 0.298. The van der Waals surface area contributed by atoms with Gasteiger partial charge >= 0.3 is 6.09 Å². The van der Waals surface area contributed by atoms with Crippen molar-refractivity contribution in [2.24, 2.45) is 0 Å². The molecule has 1 amide bonds. The van der Waals surface area contributed by atoms with Gasteiger partial charge in [0.25, 0.3) is 0 Å². The van der Waals surface area contributed by atoms with Crippen molar-refractivity contribution in [2.75, 3.05) is 46.5 Å². The van der Waals surface area contributed by atoms with Crippen molar-refractivity contribution in [2.45, 2.75) is 53.7 Å². The Balaban J connectivity index is 1.35. The summed E-state index contributed by atoms with van der Waals surface area (Å²) in [7, 11) is -6.24. The topological polar surface area (TPSA) is 172 Å². The smallest absolute Gasteiger partial charge is 0.407 e. The van der Waals surface area contributed by atoms with Gasteiger partial charge in [0.05, 0.1) is 36.3 Å². The van der Waals surface area contributed by atoms with Crippen LogP contribution in [-0.4, -0.2) is 107 Å². The fraction of sp³-hybridized carbons (Fsp3) is 0.519. The van der Waals surface area contributed by atoms with Crippen LogP contribution in [0.1, 0.15) is 26.2 Å². The maximum absolute atomic E-state index is 13.5. The minimum Gasteiger partial charge on any atom is -0.492 e. The molecule has 13 nitrogen and oxygen atoms in total. The molecule has 16 heteroatoms. The van der Waals surface area contributed by atoms with Gasteiger partial charge in [-0.1, -0.05) is 22.0 Å². The van der Waals surface area contributed by atoms with E-state index in [-0.39, 0.29) is 54.1 Å². The Morgan fingerprint density at radius 3 is 2.56 bits per heavy atom. The first-order valence-corrected chi connectivity index (χ1v) is 17.4. The van der Waals surface area contributed by atoms with Crippen LogP contribution in [0.3, 0.4) is 0 Å². The first kappa shape index (κ1) is 33.4. The maximum atomic E-state index is 13.5. The van der Waals surface area contributed by atoms with Crippen LogP contribution in [0.4, 0.5) is 4.79 Å². The van der Waals surface area contributed by atoms with E-state index in [4.69, 9.17) is 14.2 Å². The van der Waals surface area contributed by atoms with Crippen molar-refractivity contribution in [1.29, 1.82) is 0 Å². The number of carbonyl (C=O) groups is 1. The van der Waals surface area contributed by atoms with Gasteiger partial charge < -0.3 is 29.3 Å². The summed E-state index contributed by atoms with van der Waals surface area (Å²) in [5.74, 6) is 0.483. The molecule has 2 atom stereocenters. The molecule has 43 heavy (non-hydrogen) atoms. The number of sulfonamides is 2. The molecule has 0 radical (unpaired) electrons. The van der Waals surface area contributed by atoms with Gasteiger partial charge in [-0.2, -0.15) is 4.31 Å². The zero-order valence-corrected chi connectivity index (χ0v) is 27.0. The van der Waals surface area contributed by atoms with Crippen LogP contribution in [0.15, 0.2) is 56.7 Å². The normalized spacial score (nSPS) is 19.7. The van der Waals surface area contributed by atoms with E-state index in [0.717, 1.165) is 4.90 Å². The highest BCUT2D eigenvalue weighted by Crippen LogP contribution is 2.40. The van der Waals surface area contributed by atoms with Gasteiger partial charge in [-0.05, 0) is 63.6 Å². The van der Waals surface area contributed by atoms with Crippen LogP contribution >= 0.6 is 15.9 Å². The molecule has 0 bridgehead atoms. The Morgan fingerprint density at radius 1 is 1.19 bits per heavy atom. The minimum absolute atomic E-state index is 0.00669. The minimum atomic E-state index is -3.85. The predicted octanol–water partition coefficient (Wildman–Crippen LogP) is 2.49. The highest BCUT2D eigenvalue weighted by atomic mass is 79.9. The summed E-state index contributed by atoms with van der Waals surface area (Å²) >= 11 is 3.33. The Bertz CT molecular complexity index is 1510. The number of hydrogen-bond acceptors (Lipinski definition) is 9. The van der Waals surface area contributed by atoms with Gasteiger partial charge in [0.2, 0.25) is 20.0 Å². The lowest BCUT2D eigenvalue weighted by molar-refractivity contribution is -0.0319. The average Bonchev–Trinajstić information content (AvgIpc) is 3.38. The number of rotatable bonds is 12. The Morgan fingerprint density at radius 2 is 1.91 bits per heavy atom. The van der Waals surface area contributed by atoms with E-state index in [1.165, 1.54) is 41.7 Å². The second-order valence-corrected chi connectivity index (χ2v) is 15.1. The molecule has 4 rings (SSSR count). The first-order chi connectivity index (χ1) is 20.3. The summed E-state index contributed by atoms with van der Waals surface area (Å²) in [6, 6.07) is 10.0. The molecular weight excluding hydrogens is 670 g/mol. The molecule has 2 heterocycles. The van der Waals surface area contributed by atoms with E-state index in [9.17, 15) is 31.8 Å². The second-order valence-electron chi connectivity index (χ2n) is 10.4. The van der Waals surface area contributed by atoms with E-state index in [2.05, 4.69) is 20.7 Å². The van der Waals surface area contributed by atoms with Crippen LogP contribution in [0.25, 0.3) is 0 Å². The van der Waals surface area contributed by atoms with E-state index < -0.39 is 43.9 Å². The molecule has 2 aromatic rings. The molecule has 3 N–H and O–H groups in total. The van der Waals surface area contributed by atoms with Crippen LogP contribution in [-0.2, 0) is 24.8 Å². The lowest BCUT2D eigenvalue weighted by Gasteiger charge is -2.38. The lowest BCUT2D eigenvalue weighted by Crippen LogP contribution is -2.48. The summed E-state index contributed by atoms with van der Waals surface area (Å²) in [4.78, 5) is 13.3.